The van der Waals surface area contributed by atoms with Crippen LogP contribution in [0.3, 0.4) is 0 Å². The number of aromatic amines is 1. The van der Waals surface area contributed by atoms with Crippen LogP contribution in [-0.4, -0.2) is 45.4 Å². The highest BCUT2D eigenvalue weighted by Crippen LogP contribution is 2.40. The molecule has 1 saturated heterocycles. The molecular formula is C29H33N3O2. The fourth-order valence-electron chi connectivity index (χ4n) is 5.02. The number of hydrogen-bond acceptors (Lipinski definition) is 4. The Labute approximate surface area is 201 Å². The van der Waals surface area contributed by atoms with Gasteiger partial charge in [0.05, 0.1) is 19.9 Å². The number of benzene rings is 3. The van der Waals surface area contributed by atoms with E-state index in [2.05, 4.69) is 77.6 Å². The van der Waals surface area contributed by atoms with E-state index >= 15 is 0 Å². The Kier molecular flexibility index (Phi) is 6.20. The fraction of sp³-hybridized carbons (Fsp3) is 0.310. The highest BCUT2D eigenvalue weighted by Gasteiger charge is 2.19. The van der Waals surface area contributed by atoms with Gasteiger partial charge in [-0.1, -0.05) is 32.0 Å². The monoisotopic (exact) mass is 455 g/mol. The fourth-order valence-corrected chi connectivity index (χ4v) is 5.02. The Morgan fingerprint density at radius 3 is 2.26 bits per heavy atom. The lowest BCUT2D eigenvalue weighted by Gasteiger charge is -2.29. The van der Waals surface area contributed by atoms with Gasteiger partial charge in [-0.15, -0.1) is 0 Å². The van der Waals surface area contributed by atoms with Crippen molar-refractivity contribution < 1.29 is 9.47 Å². The third-order valence-corrected chi connectivity index (χ3v) is 6.75. The predicted molar refractivity (Wildman–Crippen MR) is 141 cm³/mol. The van der Waals surface area contributed by atoms with Gasteiger partial charge in [0.15, 0.2) is 11.5 Å². The van der Waals surface area contributed by atoms with E-state index in [1.54, 1.807) is 14.2 Å². The van der Waals surface area contributed by atoms with Gasteiger partial charge in [-0.3, -0.25) is 0 Å². The number of H-pyrrole nitrogens is 1. The van der Waals surface area contributed by atoms with Crippen molar-refractivity contribution in [3.8, 4) is 33.9 Å². The molecule has 176 valence electrons. The molecule has 34 heavy (non-hydrogen) atoms. The molecule has 5 nitrogen and oxygen atoms in total. The Morgan fingerprint density at radius 1 is 0.794 bits per heavy atom. The number of hydrogen-bond donors (Lipinski definition) is 2. The maximum absolute atomic E-state index is 5.56. The lowest BCUT2D eigenvalue weighted by molar-refractivity contribution is 0.355. The third-order valence-electron chi connectivity index (χ3n) is 6.75. The van der Waals surface area contributed by atoms with E-state index in [1.807, 2.05) is 12.1 Å². The van der Waals surface area contributed by atoms with Crippen molar-refractivity contribution in [2.24, 2.45) is 0 Å². The number of aromatic nitrogens is 1. The van der Waals surface area contributed by atoms with Crippen LogP contribution in [0.2, 0.25) is 0 Å². The number of rotatable bonds is 6. The van der Waals surface area contributed by atoms with Crippen molar-refractivity contribution in [3.05, 3.63) is 66.2 Å². The molecule has 5 heteroatoms. The number of ether oxygens (including phenoxy) is 2. The minimum absolute atomic E-state index is 0.360. The number of methoxy groups -OCH3 is 2. The molecule has 0 saturated carbocycles. The van der Waals surface area contributed by atoms with Gasteiger partial charge in [-0.05, 0) is 65.1 Å². The summed E-state index contributed by atoms with van der Waals surface area (Å²) in [6.07, 6.45) is 0. The molecule has 5 rings (SSSR count). The summed E-state index contributed by atoms with van der Waals surface area (Å²) in [5.74, 6) is 1.83. The van der Waals surface area contributed by atoms with Crippen LogP contribution in [-0.2, 0) is 0 Å². The zero-order valence-corrected chi connectivity index (χ0v) is 20.4. The molecule has 0 aliphatic carbocycles. The van der Waals surface area contributed by atoms with Crippen LogP contribution in [0.25, 0.3) is 33.3 Å². The predicted octanol–water partition coefficient (Wildman–Crippen LogP) is 6.05. The molecule has 4 aromatic rings. The van der Waals surface area contributed by atoms with Crippen molar-refractivity contribution in [2.75, 3.05) is 45.3 Å². The van der Waals surface area contributed by atoms with Crippen LogP contribution in [0.5, 0.6) is 11.5 Å². The number of nitrogens with one attached hydrogen (secondary N) is 2. The van der Waals surface area contributed by atoms with Crippen LogP contribution in [0.1, 0.15) is 25.3 Å². The van der Waals surface area contributed by atoms with Crippen molar-refractivity contribution in [1.82, 2.24) is 10.3 Å². The summed E-state index contributed by atoms with van der Waals surface area (Å²) in [6, 6.07) is 21.8. The zero-order chi connectivity index (χ0) is 23.7. The van der Waals surface area contributed by atoms with Gasteiger partial charge < -0.3 is 24.7 Å². The first-order valence-corrected chi connectivity index (χ1v) is 12.0. The SMILES string of the molecule is COc1ccc(-c2[nH]c3ccc(-c4cccc(N5CCNCC5)c4)cc3c2C(C)C)cc1OC. The molecule has 1 aliphatic rings. The molecule has 0 unspecified atom stereocenters. The quantitative estimate of drug-likeness (QED) is 0.371. The molecule has 0 bridgehead atoms. The normalized spacial score (nSPS) is 14.1. The minimum atomic E-state index is 0.360. The maximum Gasteiger partial charge on any atom is 0.161 e. The summed E-state index contributed by atoms with van der Waals surface area (Å²) in [5.41, 5.74) is 8.49. The molecule has 1 aliphatic heterocycles. The first-order valence-electron chi connectivity index (χ1n) is 12.0. The van der Waals surface area contributed by atoms with E-state index < -0.39 is 0 Å². The number of piperazine rings is 1. The van der Waals surface area contributed by atoms with Gasteiger partial charge in [-0.2, -0.15) is 0 Å². The van der Waals surface area contributed by atoms with Gasteiger partial charge in [-0.25, -0.2) is 0 Å². The zero-order valence-electron chi connectivity index (χ0n) is 20.4. The Morgan fingerprint density at radius 2 is 1.53 bits per heavy atom. The molecule has 1 fully saturated rings. The average molecular weight is 456 g/mol. The first kappa shape index (κ1) is 22.4. The highest BCUT2D eigenvalue weighted by atomic mass is 16.5. The second-order valence-corrected chi connectivity index (χ2v) is 9.19. The second kappa shape index (κ2) is 9.43. The van der Waals surface area contributed by atoms with Crippen LogP contribution in [0, 0.1) is 0 Å². The summed E-state index contributed by atoms with van der Waals surface area (Å²) >= 11 is 0. The molecule has 0 spiro atoms. The van der Waals surface area contributed by atoms with E-state index in [4.69, 9.17) is 9.47 Å². The molecule has 1 aromatic heterocycles. The summed E-state index contributed by atoms with van der Waals surface area (Å²) in [4.78, 5) is 6.14. The lowest BCUT2D eigenvalue weighted by Crippen LogP contribution is -2.43. The largest absolute Gasteiger partial charge is 0.493 e. The summed E-state index contributed by atoms with van der Waals surface area (Å²) in [7, 11) is 3.34. The average Bonchev–Trinajstić information content (AvgIpc) is 3.28. The van der Waals surface area contributed by atoms with E-state index in [0.29, 0.717) is 5.92 Å². The summed E-state index contributed by atoms with van der Waals surface area (Å²) in [6.45, 7) is 8.68. The Hall–Kier alpha value is -3.44. The number of nitrogens with zero attached hydrogens (tertiary/aromatic N) is 1. The number of fused-ring (bicyclic) bond motifs is 1. The first-order chi connectivity index (χ1) is 16.6. The van der Waals surface area contributed by atoms with Crippen LogP contribution in [0.4, 0.5) is 5.69 Å². The third kappa shape index (κ3) is 4.12. The van der Waals surface area contributed by atoms with E-state index in [1.165, 1.54) is 27.8 Å². The smallest absolute Gasteiger partial charge is 0.161 e. The highest BCUT2D eigenvalue weighted by molar-refractivity contribution is 5.94. The molecular weight excluding hydrogens is 422 g/mol. The van der Waals surface area contributed by atoms with Crippen molar-refractivity contribution in [3.63, 3.8) is 0 Å². The van der Waals surface area contributed by atoms with Gasteiger partial charge in [0.1, 0.15) is 0 Å². The maximum atomic E-state index is 5.56. The van der Waals surface area contributed by atoms with Gasteiger partial charge >= 0.3 is 0 Å². The Bertz CT molecular complexity index is 1300. The van der Waals surface area contributed by atoms with E-state index in [9.17, 15) is 0 Å². The standard InChI is InChI=1S/C29H33N3O2/c1-19(2)28-24-17-21(20-6-5-7-23(16-20)32-14-12-30-13-15-32)8-10-25(24)31-29(28)22-9-11-26(33-3)27(18-22)34-4/h5-11,16-19,30-31H,12-15H2,1-4H3. The number of anilines is 1. The van der Waals surface area contributed by atoms with Crippen LogP contribution in [0.15, 0.2) is 60.7 Å². The van der Waals surface area contributed by atoms with Crippen LogP contribution >= 0.6 is 0 Å². The lowest BCUT2D eigenvalue weighted by atomic mass is 9.94. The van der Waals surface area contributed by atoms with Crippen LogP contribution < -0.4 is 19.7 Å². The topological polar surface area (TPSA) is 49.5 Å². The van der Waals surface area contributed by atoms with Crippen molar-refractivity contribution >= 4 is 16.6 Å². The van der Waals surface area contributed by atoms with Gasteiger partial charge in [0, 0.05) is 48.3 Å². The molecule has 0 atom stereocenters. The molecule has 0 radical (unpaired) electrons. The van der Waals surface area contributed by atoms with E-state index in [0.717, 1.165) is 54.5 Å². The van der Waals surface area contributed by atoms with Crippen molar-refractivity contribution in [2.45, 2.75) is 19.8 Å². The molecule has 2 heterocycles. The molecule has 2 N–H and O–H groups in total. The molecule has 0 amide bonds. The summed E-state index contributed by atoms with van der Waals surface area (Å²) in [5, 5.41) is 4.71. The minimum Gasteiger partial charge on any atom is -0.493 e. The van der Waals surface area contributed by atoms with Gasteiger partial charge in [0.2, 0.25) is 0 Å². The Balaban J connectivity index is 1.59. The van der Waals surface area contributed by atoms with Gasteiger partial charge in [0.25, 0.3) is 0 Å². The van der Waals surface area contributed by atoms with Crippen molar-refractivity contribution in [1.29, 1.82) is 0 Å². The molecule has 3 aromatic carbocycles. The van der Waals surface area contributed by atoms with E-state index in [-0.39, 0.29) is 0 Å². The second-order valence-electron chi connectivity index (χ2n) is 9.19. The summed E-state index contributed by atoms with van der Waals surface area (Å²) < 4.78 is 11.0.